The standard InChI is InChI=1S/C14H26O4/c1-5-14(17,18-13(15)16)12-8-10(4)6-7-11(12)9(2)3/h9-12,17H,5-8H2,1-4H3,(H,15,16). The molecule has 0 spiro atoms. The summed E-state index contributed by atoms with van der Waals surface area (Å²) in [6.45, 7) is 8.19. The molecule has 0 aromatic carbocycles. The zero-order valence-corrected chi connectivity index (χ0v) is 11.8. The van der Waals surface area contributed by atoms with Crippen molar-refractivity contribution in [2.24, 2.45) is 23.7 Å². The molecule has 1 aliphatic carbocycles. The van der Waals surface area contributed by atoms with Crippen LogP contribution in [0.3, 0.4) is 0 Å². The minimum absolute atomic E-state index is 0.0950. The number of ether oxygens (including phenoxy) is 1. The second-order valence-corrected chi connectivity index (χ2v) is 6.00. The third-order valence-corrected chi connectivity index (χ3v) is 4.37. The Morgan fingerprint density at radius 1 is 1.44 bits per heavy atom. The SMILES string of the molecule is CCC(O)(OC(=O)O)C1CC(C)CCC1C(C)C. The molecule has 4 nitrogen and oxygen atoms in total. The Kier molecular flexibility index (Phi) is 5.02. The van der Waals surface area contributed by atoms with Crippen LogP contribution in [0.5, 0.6) is 0 Å². The van der Waals surface area contributed by atoms with Crippen LogP contribution >= 0.6 is 0 Å². The van der Waals surface area contributed by atoms with Crippen LogP contribution in [0.4, 0.5) is 4.79 Å². The first-order valence-electron chi connectivity index (χ1n) is 6.94. The number of hydrogen-bond donors (Lipinski definition) is 2. The van der Waals surface area contributed by atoms with E-state index in [-0.39, 0.29) is 5.92 Å². The molecule has 4 unspecified atom stereocenters. The quantitative estimate of drug-likeness (QED) is 0.598. The van der Waals surface area contributed by atoms with Crippen molar-refractivity contribution in [2.75, 3.05) is 0 Å². The molecule has 4 atom stereocenters. The molecule has 0 bridgehead atoms. The third kappa shape index (κ3) is 3.37. The first-order chi connectivity index (χ1) is 8.30. The van der Waals surface area contributed by atoms with Gasteiger partial charge in [-0.3, -0.25) is 0 Å². The summed E-state index contributed by atoms with van der Waals surface area (Å²) in [5.41, 5.74) is 0. The molecule has 0 radical (unpaired) electrons. The smallest absolute Gasteiger partial charge is 0.450 e. The molecule has 4 heteroatoms. The molecule has 0 heterocycles. The van der Waals surface area contributed by atoms with E-state index in [1.54, 1.807) is 6.92 Å². The lowest BCUT2D eigenvalue weighted by molar-refractivity contribution is -0.233. The van der Waals surface area contributed by atoms with Gasteiger partial charge in [-0.25, -0.2) is 4.79 Å². The van der Waals surface area contributed by atoms with E-state index in [1.807, 2.05) is 0 Å². The van der Waals surface area contributed by atoms with E-state index in [0.29, 0.717) is 24.2 Å². The van der Waals surface area contributed by atoms with Crippen LogP contribution in [0.25, 0.3) is 0 Å². The van der Waals surface area contributed by atoms with Gasteiger partial charge in [-0.05, 0) is 30.6 Å². The lowest BCUT2D eigenvalue weighted by atomic mass is 9.66. The van der Waals surface area contributed by atoms with Crippen LogP contribution in [0.1, 0.15) is 53.4 Å². The lowest BCUT2D eigenvalue weighted by Crippen LogP contribution is -2.48. The molecule has 0 amide bonds. The molecule has 0 aromatic heterocycles. The van der Waals surface area contributed by atoms with Gasteiger partial charge < -0.3 is 14.9 Å². The van der Waals surface area contributed by atoms with Crippen LogP contribution in [-0.4, -0.2) is 22.2 Å². The second kappa shape index (κ2) is 5.91. The van der Waals surface area contributed by atoms with Crippen molar-refractivity contribution < 1.29 is 19.7 Å². The minimum Gasteiger partial charge on any atom is -0.450 e. The summed E-state index contributed by atoms with van der Waals surface area (Å²) in [5.74, 6) is -0.360. The van der Waals surface area contributed by atoms with Crippen molar-refractivity contribution in [3.63, 3.8) is 0 Å². The highest BCUT2D eigenvalue weighted by Gasteiger charge is 2.46. The Balaban J connectivity index is 2.93. The predicted octanol–water partition coefficient (Wildman–Crippen LogP) is 3.49. The average molecular weight is 258 g/mol. The van der Waals surface area contributed by atoms with Gasteiger partial charge in [-0.2, -0.15) is 0 Å². The largest absolute Gasteiger partial charge is 0.508 e. The summed E-state index contributed by atoms with van der Waals surface area (Å²) in [4.78, 5) is 10.8. The Morgan fingerprint density at radius 3 is 2.50 bits per heavy atom. The summed E-state index contributed by atoms with van der Waals surface area (Å²) < 4.78 is 4.83. The average Bonchev–Trinajstić information content (AvgIpc) is 2.27. The van der Waals surface area contributed by atoms with Crippen LogP contribution in [0, 0.1) is 23.7 Å². The van der Waals surface area contributed by atoms with E-state index >= 15 is 0 Å². The normalized spacial score (nSPS) is 32.0. The van der Waals surface area contributed by atoms with Crippen LogP contribution in [0.15, 0.2) is 0 Å². The molecule has 1 fully saturated rings. The highest BCUT2D eigenvalue weighted by molar-refractivity contribution is 5.57. The Morgan fingerprint density at radius 2 is 2.06 bits per heavy atom. The van der Waals surface area contributed by atoms with E-state index < -0.39 is 11.9 Å². The van der Waals surface area contributed by atoms with Crippen molar-refractivity contribution in [3.8, 4) is 0 Å². The molecule has 2 N–H and O–H groups in total. The van der Waals surface area contributed by atoms with Crippen LogP contribution in [0.2, 0.25) is 0 Å². The number of aliphatic hydroxyl groups is 1. The van der Waals surface area contributed by atoms with Crippen molar-refractivity contribution >= 4 is 6.16 Å². The maximum absolute atomic E-state index is 10.8. The van der Waals surface area contributed by atoms with Gasteiger partial charge >= 0.3 is 6.16 Å². The molecule has 0 aliphatic heterocycles. The molecule has 18 heavy (non-hydrogen) atoms. The van der Waals surface area contributed by atoms with Gasteiger partial charge in [0.15, 0.2) is 0 Å². The maximum atomic E-state index is 10.8. The van der Waals surface area contributed by atoms with Crippen LogP contribution < -0.4 is 0 Å². The topological polar surface area (TPSA) is 66.8 Å². The van der Waals surface area contributed by atoms with E-state index in [2.05, 4.69) is 20.8 Å². The Labute approximate surface area is 109 Å². The number of carbonyl (C=O) groups is 1. The number of hydrogen-bond acceptors (Lipinski definition) is 3. The molecular formula is C14H26O4. The third-order valence-electron chi connectivity index (χ3n) is 4.37. The zero-order valence-electron chi connectivity index (χ0n) is 11.8. The van der Waals surface area contributed by atoms with Gasteiger partial charge in [-0.15, -0.1) is 0 Å². The highest BCUT2D eigenvalue weighted by Crippen LogP contribution is 2.45. The van der Waals surface area contributed by atoms with Gasteiger partial charge in [0.25, 0.3) is 0 Å². The number of carboxylic acid groups (broad SMARTS) is 1. The molecule has 1 saturated carbocycles. The van der Waals surface area contributed by atoms with E-state index in [0.717, 1.165) is 19.3 Å². The van der Waals surface area contributed by atoms with Gasteiger partial charge in [-0.1, -0.05) is 34.1 Å². The highest BCUT2D eigenvalue weighted by atomic mass is 16.7. The molecule has 1 aliphatic rings. The summed E-state index contributed by atoms with van der Waals surface area (Å²) in [7, 11) is 0. The summed E-state index contributed by atoms with van der Waals surface area (Å²) >= 11 is 0. The first-order valence-corrected chi connectivity index (χ1v) is 6.94. The van der Waals surface area contributed by atoms with Crippen molar-refractivity contribution in [1.29, 1.82) is 0 Å². The fourth-order valence-electron chi connectivity index (χ4n) is 3.28. The van der Waals surface area contributed by atoms with Gasteiger partial charge in [0.2, 0.25) is 5.79 Å². The maximum Gasteiger partial charge on any atom is 0.508 e. The van der Waals surface area contributed by atoms with Crippen LogP contribution in [-0.2, 0) is 4.74 Å². The van der Waals surface area contributed by atoms with Crippen molar-refractivity contribution in [3.05, 3.63) is 0 Å². The van der Waals surface area contributed by atoms with E-state index in [1.165, 1.54) is 0 Å². The van der Waals surface area contributed by atoms with E-state index in [9.17, 15) is 9.90 Å². The minimum atomic E-state index is -1.53. The number of rotatable bonds is 4. The molecule has 0 aromatic rings. The molecule has 106 valence electrons. The molecule has 1 rings (SSSR count). The van der Waals surface area contributed by atoms with Crippen molar-refractivity contribution in [1.82, 2.24) is 0 Å². The lowest BCUT2D eigenvalue weighted by Gasteiger charge is -2.44. The summed E-state index contributed by atoms with van der Waals surface area (Å²) in [6, 6.07) is 0. The fraction of sp³-hybridized carbons (Fsp3) is 0.929. The summed E-state index contributed by atoms with van der Waals surface area (Å²) in [6.07, 6.45) is 1.93. The summed E-state index contributed by atoms with van der Waals surface area (Å²) in [5, 5.41) is 19.4. The second-order valence-electron chi connectivity index (χ2n) is 6.00. The molecular weight excluding hydrogens is 232 g/mol. The molecule has 0 saturated heterocycles. The first kappa shape index (κ1) is 15.3. The van der Waals surface area contributed by atoms with Gasteiger partial charge in [0.1, 0.15) is 0 Å². The Hall–Kier alpha value is -0.770. The fourth-order valence-corrected chi connectivity index (χ4v) is 3.28. The zero-order chi connectivity index (χ0) is 13.9. The Bertz CT molecular complexity index is 290. The van der Waals surface area contributed by atoms with E-state index in [4.69, 9.17) is 9.84 Å². The van der Waals surface area contributed by atoms with Gasteiger partial charge in [0.05, 0.1) is 0 Å². The predicted molar refractivity (Wildman–Crippen MR) is 69.2 cm³/mol. The van der Waals surface area contributed by atoms with Gasteiger partial charge in [0, 0.05) is 12.3 Å². The monoisotopic (exact) mass is 258 g/mol. The van der Waals surface area contributed by atoms with Crippen molar-refractivity contribution in [2.45, 2.75) is 59.2 Å².